The second kappa shape index (κ2) is 5.77. The summed E-state index contributed by atoms with van der Waals surface area (Å²) >= 11 is 0. The Morgan fingerprint density at radius 1 is 1.58 bits per heavy atom. The standard InChI is InChI=1S/C9H16O3/c1-7(2)5-4-6-8(3)9(10)12-11/h5,8,11H,4,6H2,1-3H3/t8-/m1/s1. The smallest absolute Gasteiger partial charge is 0.301 e. The van der Waals surface area contributed by atoms with Gasteiger partial charge < -0.3 is 4.89 Å². The highest BCUT2D eigenvalue weighted by Crippen LogP contribution is 2.08. The minimum absolute atomic E-state index is 0.231. The van der Waals surface area contributed by atoms with Crippen LogP contribution in [0.4, 0.5) is 0 Å². The van der Waals surface area contributed by atoms with Gasteiger partial charge in [-0.15, -0.1) is 0 Å². The van der Waals surface area contributed by atoms with Crippen LogP contribution in [-0.4, -0.2) is 11.2 Å². The van der Waals surface area contributed by atoms with Crippen molar-refractivity contribution in [2.75, 3.05) is 0 Å². The topological polar surface area (TPSA) is 46.5 Å². The van der Waals surface area contributed by atoms with Gasteiger partial charge in [0.05, 0.1) is 5.92 Å². The predicted molar refractivity (Wildman–Crippen MR) is 46.5 cm³/mol. The first-order valence-corrected chi connectivity index (χ1v) is 4.06. The Morgan fingerprint density at radius 3 is 2.58 bits per heavy atom. The first-order valence-electron chi connectivity index (χ1n) is 4.06. The van der Waals surface area contributed by atoms with Gasteiger partial charge in [0.1, 0.15) is 0 Å². The van der Waals surface area contributed by atoms with Crippen molar-refractivity contribution >= 4 is 5.97 Å². The Bertz CT molecular complexity index is 169. The third-order valence-corrected chi connectivity index (χ3v) is 1.64. The Balaban J connectivity index is 3.64. The molecule has 0 saturated carbocycles. The van der Waals surface area contributed by atoms with Gasteiger partial charge in [0.15, 0.2) is 0 Å². The molecule has 0 aliphatic rings. The maximum atomic E-state index is 10.7. The average Bonchev–Trinajstić information content (AvgIpc) is 2.02. The largest absolute Gasteiger partial charge is 0.344 e. The molecular formula is C9H16O3. The molecule has 0 saturated heterocycles. The highest BCUT2D eigenvalue weighted by Gasteiger charge is 2.12. The van der Waals surface area contributed by atoms with Crippen LogP contribution in [0.3, 0.4) is 0 Å². The van der Waals surface area contributed by atoms with Crippen molar-refractivity contribution in [3.63, 3.8) is 0 Å². The molecule has 0 amide bonds. The summed E-state index contributed by atoms with van der Waals surface area (Å²) < 4.78 is 0. The number of hydrogen-bond acceptors (Lipinski definition) is 3. The van der Waals surface area contributed by atoms with E-state index in [0.29, 0.717) is 6.42 Å². The fourth-order valence-electron chi connectivity index (χ4n) is 0.830. The zero-order chi connectivity index (χ0) is 9.56. The normalized spacial score (nSPS) is 12.0. The van der Waals surface area contributed by atoms with Crippen LogP contribution in [0.25, 0.3) is 0 Å². The molecule has 1 N–H and O–H groups in total. The highest BCUT2D eigenvalue weighted by molar-refractivity contribution is 5.71. The van der Waals surface area contributed by atoms with Crippen LogP contribution in [-0.2, 0) is 9.68 Å². The lowest BCUT2D eigenvalue weighted by molar-refractivity contribution is -0.238. The molecule has 0 spiro atoms. The van der Waals surface area contributed by atoms with Crippen molar-refractivity contribution in [2.45, 2.75) is 33.6 Å². The van der Waals surface area contributed by atoms with Crippen LogP contribution in [0, 0.1) is 5.92 Å². The van der Waals surface area contributed by atoms with Gasteiger partial charge in [-0.05, 0) is 26.7 Å². The summed E-state index contributed by atoms with van der Waals surface area (Å²) in [5.41, 5.74) is 1.24. The molecule has 0 aromatic carbocycles. The van der Waals surface area contributed by atoms with E-state index in [0.717, 1.165) is 6.42 Å². The van der Waals surface area contributed by atoms with Crippen LogP contribution in [0.2, 0.25) is 0 Å². The highest BCUT2D eigenvalue weighted by atomic mass is 17.1. The summed E-state index contributed by atoms with van der Waals surface area (Å²) in [6.45, 7) is 5.75. The first-order chi connectivity index (χ1) is 5.57. The average molecular weight is 172 g/mol. The fraction of sp³-hybridized carbons (Fsp3) is 0.667. The Morgan fingerprint density at radius 2 is 2.17 bits per heavy atom. The molecule has 0 aliphatic carbocycles. The molecule has 0 aromatic rings. The van der Waals surface area contributed by atoms with Crippen molar-refractivity contribution in [1.29, 1.82) is 0 Å². The molecule has 0 rings (SSSR count). The summed E-state index contributed by atoms with van der Waals surface area (Å²) in [5, 5.41) is 8.05. The zero-order valence-electron chi connectivity index (χ0n) is 7.83. The van der Waals surface area contributed by atoms with Crippen LogP contribution >= 0.6 is 0 Å². The first kappa shape index (κ1) is 11.2. The Kier molecular flexibility index (Phi) is 5.37. The quantitative estimate of drug-likeness (QED) is 0.402. The Hall–Kier alpha value is -0.830. The molecule has 0 radical (unpaired) electrons. The molecule has 0 aliphatic heterocycles. The van der Waals surface area contributed by atoms with Gasteiger partial charge >= 0.3 is 5.97 Å². The molecule has 3 nitrogen and oxygen atoms in total. The lowest BCUT2D eigenvalue weighted by atomic mass is 10.1. The third-order valence-electron chi connectivity index (χ3n) is 1.64. The zero-order valence-corrected chi connectivity index (χ0v) is 7.83. The van der Waals surface area contributed by atoms with E-state index in [1.54, 1.807) is 6.92 Å². The second-order valence-electron chi connectivity index (χ2n) is 3.17. The monoisotopic (exact) mass is 172 g/mol. The van der Waals surface area contributed by atoms with Gasteiger partial charge in [-0.2, -0.15) is 5.26 Å². The van der Waals surface area contributed by atoms with Crippen molar-refractivity contribution in [3.05, 3.63) is 11.6 Å². The number of carbonyl (C=O) groups excluding carboxylic acids is 1. The van der Waals surface area contributed by atoms with E-state index in [1.807, 2.05) is 13.8 Å². The van der Waals surface area contributed by atoms with Gasteiger partial charge in [0.25, 0.3) is 0 Å². The summed E-state index contributed by atoms with van der Waals surface area (Å²) in [7, 11) is 0. The van der Waals surface area contributed by atoms with E-state index < -0.39 is 5.97 Å². The fourth-order valence-corrected chi connectivity index (χ4v) is 0.830. The van der Waals surface area contributed by atoms with Crippen LogP contribution < -0.4 is 0 Å². The molecule has 0 bridgehead atoms. The third kappa shape index (κ3) is 4.91. The Labute approximate surface area is 73.0 Å². The van der Waals surface area contributed by atoms with E-state index in [1.165, 1.54) is 5.57 Å². The maximum absolute atomic E-state index is 10.7. The number of rotatable bonds is 4. The number of hydrogen-bond donors (Lipinski definition) is 1. The predicted octanol–water partition coefficient (Wildman–Crippen LogP) is 2.39. The van der Waals surface area contributed by atoms with Crippen LogP contribution in [0.15, 0.2) is 11.6 Å². The van der Waals surface area contributed by atoms with E-state index in [4.69, 9.17) is 5.26 Å². The maximum Gasteiger partial charge on any atom is 0.344 e. The van der Waals surface area contributed by atoms with E-state index in [9.17, 15) is 4.79 Å². The molecule has 0 aromatic heterocycles. The van der Waals surface area contributed by atoms with Gasteiger partial charge in [0.2, 0.25) is 0 Å². The van der Waals surface area contributed by atoms with Crippen molar-refractivity contribution < 1.29 is 14.9 Å². The molecule has 0 heterocycles. The van der Waals surface area contributed by atoms with Crippen molar-refractivity contribution in [2.24, 2.45) is 5.92 Å². The minimum atomic E-state index is -0.558. The van der Waals surface area contributed by atoms with Gasteiger partial charge in [0, 0.05) is 0 Å². The number of carbonyl (C=O) groups is 1. The second-order valence-corrected chi connectivity index (χ2v) is 3.17. The van der Waals surface area contributed by atoms with Crippen LogP contribution in [0.5, 0.6) is 0 Å². The summed E-state index contributed by atoms with van der Waals surface area (Å²) in [6, 6.07) is 0. The SMILES string of the molecule is CC(C)=CCC[C@@H](C)C(=O)OO. The van der Waals surface area contributed by atoms with Gasteiger partial charge in [-0.25, -0.2) is 4.79 Å². The molecule has 0 unspecified atom stereocenters. The van der Waals surface area contributed by atoms with E-state index in [-0.39, 0.29) is 5.92 Å². The molecule has 1 atom stereocenters. The number of allylic oxidation sites excluding steroid dienone is 2. The molecule has 70 valence electrons. The summed E-state index contributed by atoms with van der Waals surface area (Å²) in [4.78, 5) is 14.3. The molecular weight excluding hydrogens is 156 g/mol. The molecule has 0 fully saturated rings. The minimum Gasteiger partial charge on any atom is -0.301 e. The lowest BCUT2D eigenvalue weighted by Gasteiger charge is -2.04. The molecule has 3 heteroatoms. The van der Waals surface area contributed by atoms with E-state index >= 15 is 0 Å². The van der Waals surface area contributed by atoms with Crippen molar-refractivity contribution in [1.82, 2.24) is 0 Å². The molecule has 12 heavy (non-hydrogen) atoms. The lowest BCUT2D eigenvalue weighted by Crippen LogP contribution is -2.12. The van der Waals surface area contributed by atoms with Gasteiger partial charge in [-0.1, -0.05) is 18.6 Å². The van der Waals surface area contributed by atoms with Crippen molar-refractivity contribution in [3.8, 4) is 0 Å². The van der Waals surface area contributed by atoms with E-state index in [2.05, 4.69) is 11.0 Å². The summed E-state index contributed by atoms with van der Waals surface area (Å²) in [5.74, 6) is -0.789. The van der Waals surface area contributed by atoms with Crippen LogP contribution in [0.1, 0.15) is 33.6 Å². The summed E-state index contributed by atoms with van der Waals surface area (Å²) in [6.07, 6.45) is 3.62. The van der Waals surface area contributed by atoms with Gasteiger partial charge in [-0.3, -0.25) is 0 Å².